The van der Waals surface area contributed by atoms with Crippen LogP contribution in [0.25, 0.3) is 0 Å². The van der Waals surface area contributed by atoms with E-state index in [2.05, 4.69) is 26.8 Å². The van der Waals surface area contributed by atoms with Crippen molar-refractivity contribution in [3.63, 3.8) is 0 Å². The molecule has 0 heterocycles. The fourth-order valence-corrected chi connectivity index (χ4v) is 3.51. The van der Waals surface area contributed by atoms with Gasteiger partial charge in [0.05, 0.1) is 0 Å². The smallest absolute Gasteiger partial charge is 0.136 e. The number of hydrogen-bond donors (Lipinski definition) is 0. The molecule has 0 unspecified atom stereocenters. The Balaban J connectivity index is 2.21. The zero-order valence-electron chi connectivity index (χ0n) is 10.8. The average molecular weight is 220 g/mol. The van der Waals surface area contributed by atoms with Crippen molar-refractivity contribution >= 4 is 5.78 Å². The van der Waals surface area contributed by atoms with E-state index in [9.17, 15) is 4.79 Å². The first kappa shape index (κ1) is 11.9. The van der Waals surface area contributed by atoms with E-state index >= 15 is 0 Å². The van der Waals surface area contributed by atoms with E-state index in [1.807, 2.05) is 0 Å². The fourth-order valence-electron chi connectivity index (χ4n) is 3.51. The Morgan fingerprint density at radius 2 is 2.00 bits per heavy atom. The molecule has 0 amide bonds. The Morgan fingerprint density at radius 3 is 2.69 bits per heavy atom. The number of ketones is 1. The molecule has 90 valence electrons. The summed E-state index contributed by atoms with van der Waals surface area (Å²) >= 11 is 0. The van der Waals surface area contributed by atoms with Gasteiger partial charge in [-0.05, 0) is 50.4 Å². The van der Waals surface area contributed by atoms with Gasteiger partial charge in [0.2, 0.25) is 0 Å². The minimum absolute atomic E-state index is 0.379. The normalized spacial score (nSPS) is 38.9. The van der Waals surface area contributed by atoms with Crippen LogP contribution in [0.2, 0.25) is 0 Å². The third-order valence-electron chi connectivity index (χ3n) is 4.53. The van der Waals surface area contributed by atoms with Crippen LogP contribution in [0.4, 0.5) is 0 Å². The van der Waals surface area contributed by atoms with Crippen molar-refractivity contribution in [2.24, 2.45) is 23.7 Å². The van der Waals surface area contributed by atoms with Gasteiger partial charge in [0.1, 0.15) is 5.78 Å². The molecule has 2 aliphatic carbocycles. The molecule has 2 aliphatic rings. The van der Waals surface area contributed by atoms with E-state index in [0.717, 1.165) is 37.5 Å². The summed E-state index contributed by atoms with van der Waals surface area (Å²) in [6.07, 6.45) is 7.78. The highest BCUT2D eigenvalue weighted by atomic mass is 16.1. The van der Waals surface area contributed by atoms with Crippen LogP contribution in [0, 0.1) is 23.7 Å². The summed E-state index contributed by atoms with van der Waals surface area (Å²) in [5.74, 6) is 3.13. The van der Waals surface area contributed by atoms with Crippen molar-refractivity contribution in [1.29, 1.82) is 0 Å². The first-order chi connectivity index (χ1) is 7.58. The van der Waals surface area contributed by atoms with E-state index in [-0.39, 0.29) is 0 Å². The van der Waals surface area contributed by atoms with E-state index in [4.69, 9.17) is 0 Å². The number of hydrogen-bond acceptors (Lipinski definition) is 1. The molecule has 3 atom stereocenters. The lowest BCUT2D eigenvalue weighted by Crippen LogP contribution is -2.32. The third kappa shape index (κ3) is 2.39. The minimum Gasteiger partial charge on any atom is -0.299 e. The Labute approximate surface area is 99.3 Å². The summed E-state index contributed by atoms with van der Waals surface area (Å²) in [5, 5.41) is 0. The first-order valence-corrected chi connectivity index (χ1v) is 6.78. The zero-order valence-corrected chi connectivity index (χ0v) is 10.8. The number of carbonyl (C=O) groups is 1. The van der Waals surface area contributed by atoms with Crippen LogP contribution in [0.5, 0.6) is 0 Å². The van der Waals surface area contributed by atoms with Crippen LogP contribution in [0.1, 0.15) is 52.9 Å². The van der Waals surface area contributed by atoms with Crippen LogP contribution < -0.4 is 0 Å². The average Bonchev–Trinajstić information content (AvgIpc) is 2.24. The van der Waals surface area contributed by atoms with Gasteiger partial charge < -0.3 is 0 Å². The Bertz CT molecular complexity index is 301. The van der Waals surface area contributed by atoms with Gasteiger partial charge in [0, 0.05) is 12.3 Å². The second-order valence-electron chi connectivity index (χ2n) is 6.06. The van der Waals surface area contributed by atoms with Crippen molar-refractivity contribution in [3.05, 3.63) is 11.6 Å². The number of rotatable bonds is 1. The standard InChI is InChI=1S/C15H24O/c1-10(2)14-6-5-12-9-13(14)8-11(3)4-7-15(12)16/h8,10,12-14H,4-7,9H2,1-3H3/b11-8-/t12-,13-,14-/m1/s1. The Morgan fingerprint density at radius 1 is 1.25 bits per heavy atom. The Hall–Kier alpha value is -0.590. The van der Waals surface area contributed by atoms with Gasteiger partial charge in [-0.3, -0.25) is 4.79 Å². The van der Waals surface area contributed by atoms with Crippen LogP contribution >= 0.6 is 0 Å². The molecule has 0 aromatic rings. The molecule has 16 heavy (non-hydrogen) atoms. The molecule has 1 heteroatoms. The predicted molar refractivity (Wildman–Crippen MR) is 67.2 cm³/mol. The maximum Gasteiger partial charge on any atom is 0.136 e. The molecule has 0 aliphatic heterocycles. The Kier molecular flexibility index (Phi) is 3.51. The summed E-state index contributed by atoms with van der Waals surface area (Å²) in [7, 11) is 0. The van der Waals surface area contributed by atoms with Crippen molar-refractivity contribution in [2.75, 3.05) is 0 Å². The molecular formula is C15H24O. The molecule has 2 rings (SSSR count). The molecule has 1 nitrogen and oxygen atoms in total. The van der Waals surface area contributed by atoms with E-state index in [0.29, 0.717) is 17.6 Å². The lowest BCUT2D eigenvalue weighted by Gasteiger charge is -2.38. The maximum atomic E-state index is 12.0. The second-order valence-corrected chi connectivity index (χ2v) is 6.06. The van der Waals surface area contributed by atoms with Crippen LogP contribution in [-0.2, 0) is 4.79 Å². The fraction of sp³-hybridized carbons (Fsp3) is 0.800. The molecule has 0 aromatic carbocycles. The molecule has 0 saturated heterocycles. The highest BCUT2D eigenvalue weighted by Crippen LogP contribution is 2.41. The van der Waals surface area contributed by atoms with Crippen LogP contribution in [0.15, 0.2) is 11.6 Å². The molecular weight excluding hydrogens is 196 g/mol. The molecule has 0 aromatic heterocycles. The van der Waals surface area contributed by atoms with Gasteiger partial charge in [-0.2, -0.15) is 0 Å². The highest BCUT2D eigenvalue weighted by molar-refractivity contribution is 5.81. The summed E-state index contributed by atoms with van der Waals surface area (Å²) in [4.78, 5) is 12.0. The predicted octanol–water partition coefficient (Wildman–Crippen LogP) is 3.98. The quantitative estimate of drug-likeness (QED) is 0.611. The van der Waals surface area contributed by atoms with Crippen molar-refractivity contribution < 1.29 is 4.79 Å². The van der Waals surface area contributed by atoms with Gasteiger partial charge in [-0.25, -0.2) is 0 Å². The van der Waals surface area contributed by atoms with Gasteiger partial charge in [0.15, 0.2) is 0 Å². The summed E-state index contributed by atoms with van der Waals surface area (Å²) in [5.41, 5.74) is 1.43. The topological polar surface area (TPSA) is 17.1 Å². The largest absolute Gasteiger partial charge is 0.299 e. The molecule has 0 radical (unpaired) electrons. The van der Waals surface area contributed by atoms with Crippen LogP contribution in [0.3, 0.4) is 0 Å². The summed E-state index contributed by atoms with van der Waals surface area (Å²) < 4.78 is 0. The number of fused-ring (bicyclic) bond motifs is 2. The van der Waals surface area contributed by atoms with Gasteiger partial charge in [-0.1, -0.05) is 25.5 Å². The second kappa shape index (κ2) is 4.73. The third-order valence-corrected chi connectivity index (χ3v) is 4.53. The lowest BCUT2D eigenvalue weighted by molar-refractivity contribution is -0.124. The van der Waals surface area contributed by atoms with Gasteiger partial charge in [0.25, 0.3) is 0 Å². The molecule has 0 spiro atoms. The van der Waals surface area contributed by atoms with Crippen molar-refractivity contribution in [3.8, 4) is 0 Å². The van der Waals surface area contributed by atoms with E-state index in [1.165, 1.54) is 12.0 Å². The number of Topliss-reactive ketones (excluding diaryl/α,β-unsaturated/α-hetero) is 1. The zero-order chi connectivity index (χ0) is 11.7. The summed E-state index contributed by atoms with van der Waals surface area (Å²) in [6, 6.07) is 0. The van der Waals surface area contributed by atoms with E-state index in [1.54, 1.807) is 0 Å². The molecule has 1 fully saturated rings. The van der Waals surface area contributed by atoms with Gasteiger partial charge in [-0.15, -0.1) is 0 Å². The molecule has 0 N–H and O–H groups in total. The SMILES string of the molecule is C/C1=C/[C@@H]2C[C@@H](CC[C@@H]2C(C)C)C(=O)CC1. The van der Waals surface area contributed by atoms with Crippen molar-refractivity contribution in [2.45, 2.75) is 52.9 Å². The van der Waals surface area contributed by atoms with E-state index < -0.39 is 0 Å². The first-order valence-electron chi connectivity index (χ1n) is 6.78. The molecule has 2 bridgehead atoms. The monoisotopic (exact) mass is 220 g/mol. The number of carbonyl (C=O) groups excluding carboxylic acids is 1. The minimum atomic E-state index is 0.379. The van der Waals surface area contributed by atoms with Crippen molar-refractivity contribution in [1.82, 2.24) is 0 Å². The van der Waals surface area contributed by atoms with Crippen LogP contribution in [-0.4, -0.2) is 5.78 Å². The molecule has 1 saturated carbocycles. The highest BCUT2D eigenvalue weighted by Gasteiger charge is 2.34. The maximum absolute atomic E-state index is 12.0. The van der Waals surface area contributed by atoms with Gasteiger partial charge >= 0.3 is 0 Å². The lowest BCUT2D eigenvalue weighted by atomic mass is 9.67. The summed E-state index contributed by atoms with van der Waals surface area (Å²) in [6.45, 7) is 6.85. The number of allylic oxidation sites excluding steroid dienone is 2.